The molecule has 2 aromatic carbocycles. The van der Waals surface area contributed by atoms with Gasteiger partial charge in [-0.15, -0.1) is 0 Å². The van der Waals surface area contributed by atoms with Crippen LogP contribution >= 0.6 is 11.6 Å². The first-order valence-corrected chi connectivity index (χ1v) is 12.1. The molecule has 1 aliphatic rings. The number of nitrogens with zero attached hydrogens (tertiary/aromatic N) is 1. The second-order valence-electron chi connectivity index (χ2n) is 7.52. The second-order valence-corrected chi connectivity index (χ2v) is 9.86. The van der Waals surface area contributed by atoms with E-state index in [1.807, 2.05) is 31.2 Å². The highest BCUT2D eigenvalue weighted by Crippen LogP contribution is 2.23. The van der Waals surface area contributed by atoms with E-state index in [-0.39, 0.29) is 23.4 Å². The van der Waals surface area contributed by atoms with E-state index in [9.17, 15) is 13.2 Å². The Kier molecular flexibility index (Phi) is 7.88. The van der Waals surface area contributed by atoms with Gasteiger partial charge in [0.25, 0.3) is 0 Å². The normalized spacial score (nSPS) is 16.6. The van der Waals surface area contributed by atoms with E-state index in [2.05, 4.69) is 10.6 Å². The van der Waals surface area contributed by atoms with E-state index in [1.165, 1.54) is 6.07 Å². The topological polar surface area (TPSA) is 78.5 Å². The van der Waals surface area contributed by atoms with E-state index in [1.54, 1.807) is 22.5 Å². The first kappa shape index (κ1) is 22.7. The predicted octanol–water partition coefficient (Wildman–Crippen LogP) is 4.19. The average Bonchev–Trinajstić information content (AvgIpc) is 3.03. The monoisotopic (exact) mass is 449 g/mol. The fraction of sp³-hybridized carbons (Fsp3) is 0.409. The summed E-state index contributed by atoms with van der Waals surface area (Å²) in [5.41, 5.74) is 1.38. The maximum Gasteiger partial charge on any atom is 0.243 e. The predicted molar refractivity (Wildman–Crippen MR) is 120 cm³/mol. The summed E-state index contributed by atoms with van der Waals surface area (Å²) in [7, 11) is -3.56. The van der Waals surface area contributed by atoms with Crippen molar-refractivity contribution >= 4 is 33.2 Å². The highest BCUT2D eigenvalue weighted by atomic mass is 35.5. The number of halogens is 1. The summed E-state index contributed by atoms with van der Waals surface area (Å²) >= 11 is 6.20. The number of benzene rings is 2. The third-order valence-corrected chi connectivity index (χ3v) is 7.50. The molecule has 3 rings (SSSR count). The Morgan fingerprint density at radius 2 is 1.77 bits per heavy atom. The highest BCUT2D eigenvalue weighted by molar-refractivity contribution is 7.89. The number of carbonyl (C=O) groups is 1. The van der Waals surface area contributed by atoms with E-state index in [4.69, 9.17) is 11.6 Å². The molecule has 2 N–H and O–H groups in total. The van der Waals surface area contributed by atoms with Crippen molar-refractivity contribution < 1.29 is 13.2 Å². The van der Waals surface area contributed by atoms with Crippen molar-refractivity contribution in [2.75, 3.05) is 25.0 Å². The fourth-order valence-corrected chi connectivity index (χ4v) is 5.42. The summed E-state index contributed by atoms with van der Waals surface area (Å²) in [6.45, 7) is 3.10. The number of anilines is 1. The van der Waals surface area contributed by atoms with Crippen LogP contribution in [0.4, 0.5) is 5.69 Å². The van der Waals surface area contributed by atoms with Gasteiger partial charge < -0.3 is 10.6 Å². The molecule has 1 fully saturated rings. The number of amides is 1. The van der Waals surface area contributed by atoms with Crippen molar-refractivity contribution in [2.24, 2.45) is 0 Å². The van der Waals surface area contributed by atoms with E-state index >= 15 is 0 Å². The third-order valence-electron chi connectivity index (χ3n) is 5.26. The molecule has 0 aromatic heterocycles. The van der Waals surface area contributed by atoms with Gasteiger partial charge in [0.15, 0.2) is 0 Å². The molecule has 0 aliphatic carbocycles. The Balaban J connectivity index is 1.62. The van der Waals surface area contributed by atoms with Crippen molar-refractivity contribution in [1.29, 1.82) is 0 Å². The molecule has 1 amide bonds. The minimum atomic E-state index is -3.56. The number of nitrogens with one attached hydrogen (secondary N) is 2. The van der Waals surface area contributed by atoms with Crippen molar-refractivity contribution in [2.45, 2.75) is 43.5 Å². The Hall–Kier alpha value is -1.93. The molecule has 1 atom stereocenters. The van der Waals surface area contributed by atoms with Crippen LogP contribution in [0.25, 0.3) is 0 Å². The first-order valence-electron chi connectivity index (χ1n) is 10.3. The minimum absolute atomic E-state index is 0.0789. The van der Waals surface area contributed by atoms with Gasteiger partial charge in [-0.2, -0.15) is 4.31 Å². The zero-order valence-electron chi connectivity index (χ0n) is 17.1. The molecular weight excluding hydrogens is 422 g/mol. The first-order chi connectivity index (χ1) is 14.4. The number of sulfonamides is 1. The van der Waals surface area contributed by atoms with Gasteiger partial charge in [0.05, 0.1) is 11.4 Å². The van der Waals surface area contributed by atoms with Gasteiger partial charge in [0.2, 0.25) is 15.9 Å². The van der Waals surface area contributed by atoms with Crippen LogP contribution in [0, 0.1) is 0 Å². The molecule has 0 bridgehead atoms. The van der Waals surface area contributed by atoms with Crippen molar-refractivity contribution in [3.8, 4) is 0 Å². The number of hydrogen-bond donors (Lipinski definition) is 2. The Morgan fingerprint density at radius 3 is 2.47 bits per heavy atom. The number of rotatable bonds is 7. The highest BCUT2D eigenvalue weighted by Gasteiger charge is 2.25. The summed E-state index contributed by atoms with van der Waals surface area (Å²) in [5.74, 6) is -0.252. The molecule has 1 saturated heterocycles. The van der Waals surface area contributed by atoms with Crippen molar-refractivity contribution in [3.63, 3.8) is 0 Å². The molecule has 0 saturated carbocycles. The molecule has 162 valence electrons. The molecule has 6 nitrogen and oxygen atoms in total. The van der Waals surface area contributed by atoms with Crippen LogP contribution in [-0.4, -0.2) is 38.3 Å². The maximum atomic E-state index is 13.0. The molecule has 1 heterocycles. The van der Waals surface area contributed by atoms with Gasteiger partial charge in [-0.25, -0.2) is 8.42 Å². The molecule has 0 spiro atoms. The van der Waals surface area contributed by atoms with Crippen molar-refractivity contribution in [3.05, 3.63) is 59.1 Å². The van der Waals surface area contributed by atoms with Crippen molar-refractivity contribution in [1.82, 2.24) is 9.62 Å². The summed E-state index contributed by atoms with van der Waals surface area (Å²) in [4.78, 5) is 12.6. The fourth-order valence-electron chi connectivity index (χ4n) is 3.55. The van der Waals surface area contributed by atoms with Crippen LogP contribution < -0.4 is 10.6 Å². The van der Waals surface area contributed by atoms with E-state index < -0.39 is 10.0 Å². The van der Waals surface area contributed by atoms with Gasteiger partial charge >= 0.3 is 0 Å². The molecular formula is C22H28ClN3O3S. The average molecular weight is 450 g/mol. The molecule has 2 aromatic rings. The zero-order chi connectivity index (χ0) is 21.6. The number of hydrogen-bond acceptors (Lipinski definition) is 4. The molecule has 0 radical (unpaired) electrons. The second kappa shape index (κ2) is 10.4. The Bertz CT molecular complexity index is 973. The van der Waals surface area contributed by atoms with Crippen LogP contribution in [0.15, 0.2) is 53.4 Å². The van der Waals surface area contributed by atoms with Crippen LogP contribution in [0.1, 0.15) is 44.2 Å². The molecule has 8 heteroatoms. The van der Waals surface area contributed by atoms with Gasteiger partial charge in [0, 0.05) is 29.8 Å². The van der Waals surface area contributed by atoms with Crippen LogP contribution in [0.2, 0.25) is 5.02 Å². The van der Waals surface area contributed by atoms with E-state index in [0.29, 0.717) is 23.8 Å². The minimum Gasteiger partial charge on any atom is -0.325 e. The summed E-state index contributed by atoms with van der Waals surface area (Å²) in [6, 6.07) is 13.8. The number of carbonyl (C=O) groups excluding carboxylic acids is 1. The summed E-state index contributed by atoms with van der Waals surface area (Å²) in [5, 5.41) is 6.56. The Labute approximate surface area is 183 Å². The van der Waals surface area contributed by atoms with Gasteiger partial charge in [0.1, 0.15) is 0 Å². The van der Waals surface area contributed by atoms with Gasteiger partial charge in [-0.1, -0.05) is 48.7 Å². The van der Waals surface area contributed by atoms with Crippen LogP contribution in [0.5, 0.6) is 0 Å². The van der Waals surface area contributed by atoms with Gasteiger partial charge in [-0.05, 0) is 49.6 Å². The molecule has 1 aliphatic heterocycles. The summed E-state index contributed by atoms with van der Waals surface area (Å²) < 4.78 is 27.5. The smallest absolute Gasteiger partial charge is 0.243 e. The lowest BCUT2D eigenvalue weighted by Crippen LogP contribution is -2.32. The molecule has 30 heavy (non-hydrogen) atoms. The van der Waals surface area contributed by atoms with Gasteiger partial charge in [-0.3, -0.25) is 4.79 Å². The lowest BCUT2D eigenvalue weighted by Gasteiger charge is -2.20. The standard InChI is InChI=1S/C22H28ClN3O3S/c1-17(20-11-4-5-12-21(20)23)24-16-22(27)25-18-9-8-10-19(15-18)30(28,29)26-13-6-2-3-7-14-26/h4-5,8-12,15,17,24H,2-3,6-7,13-14,16H2,1H3,(H,25,27)/t17-/m0/s1. The lowest BCUT2D eigenvalue weighted by atomic mass is 10.1. The Morgan fingerprint density at radius 1 is 1.07 bits per heavy atom. The van der Waals surface area contributed by atoms with Crippen LogP contribution in [0.3, 0.4) is 0 Å². The quantitative estimate of drug-likeness (QED) is 0.664. The lowest BCUT2D eigenvalue weighted by molar-refractivity contribution is -0.115. The van der Waals surface area contributed by atoms with Crippen LogP contribution in [-0.2, 0) is 14.8 Å². The third kappa shape index (κ3) is 5.82. The summed E-state index contributed by atoms with van der Waals surface area (Å²) in [6.07, 6.45) is 3.87. The molecule has 0 unspecified atom stereocenters. The SMILES string of the molecule is C[C@H](NCC(=O)Nc1cccc(S(=O)(=O)N2CCCCCC2)c1)c1ccccc1Cl. The maximum absolute atomic E-state index is 13.0. The zero-order valence-corrected chi connectivity index (χ0v) is 18.7. The largest absolute Gasteiger partial charge is 0.325 e. The van der Waals surface area contributed by atoms with E-state index in [0.717, 1.165) is 31.2 Å².